The summed E-state index contributed by atoms with van der Waals surface area (Å²) < 4.78 is 1.64. The van der Waals surface area contributed by atoms with Crippen molar-refractivity contribution in [1.29, 1.82) is 0 Å². The Morgan fingerprint density at radius 3 is 2.41 bits per heavy atom. The highest BCUT2D eigenvalue weighted by atomic mass is 35.5. The first kappa shape index (κ1) is 21.6. The van der Waals surface area contributed by atoms with E-state index in [4.69, 9.17) is 16.6 Å². The van der Waals surface area contributed by atoms with Crippen molar-refractivity contribution in [1.82, 2.24) is 20.2 Å². The van der Waals surface area contributed by atoms with Crippen LogP contribution in [0.1, 0.15) is 21.6 Å². The standard InChI is InChI=1S/C27H20ClN5O/c1-18-23(26(28)33(32-18)20-12-6-3-7-13-20)17-29-31-27(34)22-16-25(19-10-4-2-5-11-19)30-24-15-9-8-14-21(22)24/h2-17H,1H3,(H,31,34)/b29-17+. The smallest absolute Gasteiger partial charge is 0.267 e. The number of nitrogens with one attached hydrogen (secondary N) is 1. The van der Waals surface area contributed by atoms with Crippen LogP contribution in [0.3, 0.4) is 0 Å². The Labute approximate surface area is 201 Å². The Morgan fingerprint density at radius 1 is 0.971 bits per heavy atom. The molecule has 6 nitrogen and oxygen atoms in total. The highest BCUT2D eigenvalue weighted by molar-refractivity contribution is 6.32. The van der Waals surface area contributed by atoms with E-state index in [1.807, 2.05) is 91.9 Å². The van der Waals surface area contributed by atoms with Crippen molar-refractivity contribution in [2.45, 2.75) is 6.92 Å². The molecule has 7 heteroatoms. The first-order valence-corrected chi connectivity index (χ1v) is 11.1. The second-order valence-electron chi connectivity index (χ2n) is 7.67. The number of rotatable bonds is 5. The SMILES string of the molecule is Cc1nn(-c2ccccc2)c(Cl)c1/C=N/NC(=O)c1cc(-c2ccccc2)nc2ccccc12. The van der Waals surface area contributed by atoms with E-state index in [0.29, 0.717) is 22.0 Å². The van der Waals surface area contributed by atoms with Gasteiger partial charge < -0.3 is 0 Å². The number of pyridine rings is 1. The highest BCUT2D eigenvalue weighted by Gasteiger charge is 2.15. The number of hydrogen-bond donors (Lipinski definition) is 1. The lowest BCUT2D eigenvalue weighted by Gasteiger charge is -2.09. The van der Waals surface area contributed by atoms with Crippen LogP contribution >= 0.6 is 11.6 Å². The van der Waals surface area contributed by atoms with Crippen molar-refractivity contribution in [3.05, 3.63) is 113 Å². The normalized spacial score (nSPS) is 11.2. The number of fused-ring (bicyclic) bond motifs is 1. The molecular formula is C27H20ClN5O. The number of aromatic nitrogens is 3. The summed E-state index contributed by atoms with van der Waals surface area (Å²) in [4.78, 5) is 17.8. The van der Waals surface area contributed by atoms with Crippen molar-refractivity contribution < 1.29 is 4.79 Å². The Kier molecular flexibility index (Phi) is 5.89. The third-order valence-corrected chi connectivity index (χ3v) is 5.80. The minimum Gasteiger partial charge on any atom is -0.267 e. The molecule has 2 aromatic heterocycles. The number of halogens is 1. The molecule has 34 heavy (non-hydrogen) atoms. The maximum Gasteiger partial charge on any atom is 0.272 e. The minimum absolute atomic E-state index is 0.337. The summed E-state index contributed by atoms with van der Waals surface area (Å²) in [7, 11) is 0. The third kappa shape index (κ3) is 4.19. The van der Waals surface area contributed by atoms with Crippen LogP contribution < -0.4 is 5.43 Å². The predicted octanol–water partition coefficient (Wildman–Crippen LogP) is 5.81. The number of amides is 1. The molecule has 0 radical (unpaired) electrons. The molecule has 0 aliphatic rings. The molecular weight excluding hydrogens is 446 g/mol. The Hall–Kier alpha value is -4.29. The lowest BCUT2D eigenvalue weighted by Crippen LogP contribution is -2.18. The molecule has 2 heterocycles. The van der Waals surface area contributed by atoms with Gasteiger partial charge in [-0.25, -0.2) is 15.1 Å². The van der Waals surface area contributed by atoms with Crippen LogP contribution in [0.25, 0.3) is 27.8 Å². The Morgan fingerprint density at radius 2 is 1.65 bits per heavy atom. The molecule has 5 aromatic rings. The maximum absolute atomic E-state index is 13.1. The molecule has 0 unspecified atom stereocenters. The Balaban J connectivity index is 1.44. The maximum atomic E-state index is 13.1. The lowest BCUT2D eigenvalue weighted by atomic mass is 10.0. The van der Waals surface area contributed by atoms with E-state index in [1.54, 1.807) is 10.7 Å². The first-order chi connectivity index (χ1) is 16.6. The molecule has 1 N–H and O–H groups in total. The van der Waals surface area contributed by atoms with Crippen molar-refractivity contribution in [3.63, 3.8) is 0 Å². The van der Waals surface area contributed by atoms with Crippen LogP contribution in [0, 0.1) is 6.92 Å². The van der Waals surface area contributed by atoms with Gasteiger partial charge in [0, 0.05) is 10.9 Å². The number of carbonyl (C=O) groups excluding carboxylic acids is 1. The number of carbonyl (C=O) groups is 1. The van der Waals surface area contributed by atoms with Crippen molar-refractivity contribution in [3.8, 4) is 16.9 Å². The van der Waals surface area contributed by atoms with Gasteiger partial charge in [-0.1, -0.05) is 78.3 Å². The number of benzene rings is 3. The van der Waals surface area contributed by atoms with Crippen LogP contribution in [-0.4, -0.2) is 26.9 Å². The summed E-state index contributed by atoms with van der Waals surface area (Å²) in [6.45, 7) is 1.84. The molecule has 5 rings (SSSR count). The van der Waals surface area contributed by atoms with E-state index in [1.165, 1.54) is 6.21 Å². The van der Waals surface area contributed by atoms with Gasteiger partial charge in [0.2, 0.25) is 0 Å². The van der Waals surface area contributed by atoms with Crippen LogP contribution in [0.4, 0.5) is 0 Å². The number of hydrogen-bond acceptors (Lipinski definition) is 4. The summed E-state index contributed by atoms with van der Waals surface area (Å²) in [5.74, 6) is -0.337. The molecule has 0 saturated heterocycles. The zero-order valence-corrected chi connectivity index (χ0v) is 19.1. The summed E-state index contributed by atoms with van der Waals surface area (Å²) in [5, 5.41) is 9.84. The van der Waals surface area contributed by atoms with Gasteiger partial charge in [0.25, 0.3) is 5.91 Å². The van der Waals surface area contributed by atoms with Gasteiger partial charge in [0.1, 0.15) is 5.15 Å². The summed E-state index contributed by atoms with van der Waals surface area (Å²) in [5.41, 5.74) is 7.69. The molecule has 0 bridgehead atoms. The summed E-state index contributed by atoms with van der Waals surface area (Å²) >= 11 is 6.55. The van der Waals surface area contributed by atoms with Gasteiger partial charge >= 0.3 is 0 Å². The summed E-state index contributed by atoms with van der Waals surface area (Å²) in [6.07, 6.45) is 1.52. The Bertz CT molecular complexity index is 1510. The summed E-state index contributed by atoms with van der Waals surface area (Å²) in [6, 6.07) is 28.7. The van der Waals surface area contributed by atoms with Gasteiger partial charge in [-0.3, -0.25) is 4.79 Å². The second kappa shape index (κ2) is 9.29. The molecule has 0 aliphatic heterocycles. The number of aryl methyl sites for hydroxylation is 1. The predicted molar refractivity (Wildman–Crippen MR) is 136 cm³/mol. The zero-order valence-electron chi connectivity index (χ0n) is 18.3. The second-order valence-corrected chi connectivity index (χ2v) is 8.03. The number of hydrazone groups is 1. The largest absolute Gasteiger partial charge is 0.272 e. The fraction of sp³-hybridized carbons (Fsp3) is 0.0370. The highest BCUT2D eigenvalue weighted by Crippen LogP contribution is 2.25. The van der Waals surface area contributed by atoms with Gasteiger partial charge in [-0.15, -0.1) is 0 Å². The van der Waals surface area contributed by atoms with Crippen molar-refractivity contribution in [2.24, 2.45) is 5.10 Å². The van der Waals surface area contributed by atoms with Gasteiger partial charge in [0.15, 0.2) is 0 Å². The van der Waals surface area contributed by atoms with Crippen LogP contribution in [-0.2, 0) is 0 Å². The topological polar surface area (TPSA) is 72.2 Å². The average Bonchev–Trinajstić information content (AvgIpc) is 3.17. The zero-order chi connectivity index (χ0) is 23.5. The first-order valence-electron chi connectivity index (χ1n) is 10.7. The number of nitrogens with zero attached hydrogens (tertiary/aromatic N) is 4. The lowest BCUT2D eigenvalue weighted by molar-refractivity contribution is 0.0956. The number of para-hydroxylation sites is 2. The minimum atomic E-state index is -0.337. The molecule has 1 amide bonds. The molecule has 0 saturated carbocycles. The monoisotopic (exact) mass is 465 g/mol. The quantitative estimate of drug-likeness (QED) is 0.263. The van der Waals surface area contributed by atoms with Crippen LogP contribution in [0.15, 0.2) is 96.1 Å². The van der Waals surface area contributed by atoms with E-state index < -0.39 is 0 Å². The van der Waals surface area contributed by atoms with Crippen LogP contribution in [0.2, 0.25) is 5.15 Å². The molecule has 0 spiro atoms. The molecule has 0 fully saturated rings. The molecule has 0 aliphatic carbocycles. The van der Waals surface area contributed by atoms with E-state index >= 15 is 0 Å². The van der Waals surface area contributed by atoms with E-state index in [2.05, 4.69) is 15.6 Å². The molecule has 166 valence electrons. The van der Waals surface area contributed by atoms with Crippen molar-refractivity contribution >= 4 is 34.6 Å². The van der Waals surface area contributed by atoms with Crippen LogP contribution in [0.5, 0.6) is 0 Å². The van der Waals surface area contributed by atoms with E-state index in [9.17, 15) is 4.79 Å². The van der Waals surface area contributed by atoms with Gasteiger partial charge in [-0.05, 0) is 31.2 Å². The molecule has 0 atom stereocenters. The van der Waals surface area contributed by atoms with Crippen molar-refractivity contribution in [2.75, 3.05) is 0 Å². The van der Waals surface area contributed by atoms with E-state index in [0.717, 1.165) is 27.8 Å². The fourth-order valence-electron chi connectivity index (χ4n) is 3.73. The van der Waals surface area contributed by atoms with Gasteiger partial charge in [0.05, 0.1) is 39.9 Å². The van der Waals surface area contributed by atoms with Gasteiger partial charge in [-0.2, -0.15) is 10.2 Å². The van der Waals surface area contributed by atoms with E-state index in [-0.39, 0.29) is 5.91 Å². The average molecular weight is 466 g/mol. The molecule has 3 aromatic carbocycles. The third-order valence-electron chi connectivity index (χ3n) is 5.44. The fourth-order valence-corrected chi connectivity index (χ4v) is 4.05.